The molecule has 0 bridgehead atoms. The van der Waals surface area contributed by atoms with Gasteiger partial charge in [-0.2, -0.15) is 0 Å². The molecule has 1 aliphatic rings. The van der Waals surface area contributed by atoms with E-state index in [1.165, 1.54) is 11.9 Å². The lowest BCUT2D eigenvalue weighted by molar-refractivity contribution is 0.865. The normalized spacial score (nSPS) is 15.6. The van der Waals surface area contributed by atoms with Crippen molar-refractivity contribution in [3.05, 3.63) is 12.5 Å². The highest BCUT2D eigenvalue weighted by atomic mass is 32.2. The van der Waals surface area contributed by atoms with Crippen LogP contribution in [0.15, 0.2) is 22.2 Å². The standard InChI is InChI=1S/C4H4N4S/c1-4-6-7-9-3-8(4)2-5-1/h1-2H,3H2. The van der Waals surface area contributed by atoms with E-state index in [-0.39, 0.29) is 0 Å². The maximum atomic E-state index is 3.90. The van der Waals surface area contributed by atoms with E-state index in [1.54, 1.807) is 12.5 Å². The molecule has 0 spiro atoms. The summed E-state index contributed by atoms with van der Waals surface area (Å²) in [5, 5.41) is 3.84. The Balaban J connectivity index is 2.53. The fourth-order valence-electron chi connectivity index (χ4n) is 0.655. The zero-order valence-corrected chi connectivity index (χ0v) is 5.38. The lowest BCUT2D eigenvalue weighted by Gasteiger charge is -2.02. The molecule has 0 amide bonds. The number of nitrogens with zero attached hydrogens (tertiary/aromatic N) is 4. The van der Waals surface area contributed by atoms with Crippen molar-refractivity contribution in [1.29, 1.82) is 0 Å². The van der Waals surface area contributed by atoms with Gasteiger partial charge in [0.1, 0.15) is 0 Å². The fourth-order valence-corrected chi connectivity index (χ4v) is 1.17. The Hall–Kier alpha value is -0.840. The van der Waals surface area contributed by atoms with Gasteiger partial charge in [0.2, 0.25) is 0 Å². The molecule has 2 heterocycles. The van der Waals surface area contributed by atoms with Crippen molar-refractivity contribution in [2.45, 2.75) is 5.88 Å². The van der Waals surface area contributed by atoms with Crippen LogP contribution in [0.25, 0.3) is 0 Å². The van der Waals surface area contributed by atoms with Crippen LogP contribution in [0.1, 0.15) is 0 Å². The summed E-state index contributed by atoms with van der Waals surface area (Å²) >= 11 is 1.42. The number of hydrogen-bond acceptors (Lipinski definition) is 4. The Labute approximate surface area is 56.1 Å². The Morgan fingerprint density at radius 2 is 2.67 bits per heavy atom. The van der Waals surface area contributed by atoms with Crippen molar-refractivity contribution < 1.29 is 0 Å². The summed E-state index contributed by atoms with van der Waals surface area (Å²) in [6.45, 7) is 0. The van der Waals surface area contributed by atoms with E-state index in [9.17, 15) is 0 Å². The lowest BCUT2D eigenvalue weighted by Crippen LogP contribution is -1.91. The van der Waals surface area contributed by atoms with Crippen LogP contribution < -0.4 is 0 Å². The monoisotopic (exact) mass is 140 g/mol. The highest BCUT2D eigenvalue weighted by molar-refractivity contribution is 7.96. The van der Waals surface area contributed by atoms with Gasteiger partial charge in [0.05, 0.1) is 18.4 Å². The molecule has 0 aliphatic carbocycles. The second kappa shape index (κ2) is 1.84. The molecular weight excluding hydrogens is 136 g/mol. The predicted octanol–water partition coefficient (Wildman–Crippen LogP) is 1.59. The van der Waals surface area contributed by atoms with Gasteiger partial charge in [-0.15, -0.1) is 9.63 Å². The summed E-state index contributed by atoms with van der Waals surface area (Å²) in [7, 11) is 0. The molecule has 0 fully saturated rings. The zero-order valence-electron chi connectivity index (χ0n) is 4.56. The molecule has 0 radical (unpaired) electrons. The highest BCUT2D eigenvalue weighted by Crippen LogP contribution is 2.22. The summed E-state index contributed by atoms with van der Waals surface area (Å²) in [6, 6.07) is 0. The van der Waals surface area contributed by atoms with Crippen LogP contribution in [0, 0.1) is 0 Å². The average molecular weight is 140 g/mol. The Morgan fingerprint density at radius 3 is 3.56 bits per heavy atom. The molecule has 0 N–H and O–H groups in total. The summed E-state index contributed by atoms with van der Waals surface area (Å²) in [5.41, 5.74) is 0. The second-order valence-electron chi connectivity index (χ2n) is 1.66. The van der Waals surface area contributed by atoms with Gasteiger partial charge in [-0.25, -0.2) is 4.98 Å². The molecule has 1 aliphatic heterocycles. The minimum absolute atomic E-state index is 0.832. The van der Waals surface area contributed by atoms with E-state index < -0.39 is 0 Å². The van der Waals surface area contributed by atoms with E-state index in [0.717, 1.165) is 11.7 Å². The Bertz CT molecular complexity index is 240. The number of fused-ring (bicyclic) bond motifs is 1. The molecule has 0 saturated heterocycles. The molecule has 2 rings (SSSR count). The van der Waals surface area contributed by atoms with E-state index in [2.05, 4.69) is 14.6 Å². The van der Waals surface area contributed by atoms with Gasteiger partial charge >= 0.3 is 0 Å². The van der Waals surface area contributed by atoms with Gasteiger partial charge in [-0.05, 0) is 0 Å². The molecule has 0 saturated carbocycles. The quantitative estimate of drug-likeness (QED) is 0.513. The summed E-state index contributed by atoms with van der Waals surface area (Å²) < 4.78 is 5.71. The summed E-state index contributed by atoms with van der Waals surface area (Å²) in [4.78, 5) is 3.90. The van der Waals surface area contributed by atoms with Crippen molar-refractivity contribution in [2.24, 2.45) is 9.63 Å². The topological polar surface area (TPSA) is 42.5 Å². The second-order valence-corrected chi connectivity index (χ2v) is 2.34. The number of hydrogen-bond donors (Lipinski definition) is 0. The Kier molecular flexibility index (Phi) is 1.02. The smallest absolute Gasteiger partial charge is 0.176 e. The van der Waals surface area contributed by atoms with Crippen LogP contribution in [0.4, 0.5) is 5.82 Å². The van der Waals surface area contributed by atoms with Crippen molar-refractivity contribution in [3.63, 3.8) is 0 Å². The molecule has 4 nitrogen and oxygen atoms in total. The maximum Gasteiger partial charge on any atom is 0.176 e. The molecule has 1 aromatic heterocycles. The molecule has 5 heteroatoms. The first-order valence-electron chi connectivity index (χ1n) is 2.50. The van der Waals surface area contributed by atoms with Gasteiger partial charge in [-0.3, -0.25) is 0 Å². The molecule has 46 valence electrons. The molecule has 0 aromatic carbocycles. The van der Waals surface area contributed by atoms with Crippen LogP contribution in [-0.4, -0.2) is 9.55 Å². The van der Waals surface area contributed by atoms with Crippen molar-refractivity contribution in [3.8, 4) is 0 Å². The van der Waals surface area contributed by atoms with Crippen molar-refractivity contribution in [2.75, 3.05) is 0 Å². The van der Waals surface area contributed by atoms with Gasteiger partial charge < -0.3 is 4.57 Å². The minimum Gasteiger partial charge on any atom is -0.302 e. The first-order valence-corrected chi connectivity index (χ1v) is 3.44. The zero-order chi connectivity index (χ0) is 6.10. The molecule has 0 atom stereocenters. The third-order valence-electron chi connectivity index (χ3n) is 1.09. The van der Waals surface area contributed by atoms with Crippen LogP contribution in [0.5, 0.6) is 0 Å². The Morgan fingerprint density at radius 1 is 1.67 bits per heavy atom. The third-order valence-corrected chi connectivity index (χ3v) is 1.68. The van der Waals surface area contributed by atoms with E-state index >= 15 is 0 Å². The van der Waals surface area contributed by atoms with Gasteiger partial charge in [0, 0.05) is 11.9 Å². The highest BCUT2D eigenvalue weighted by Gasteiger charge is 2.03. The average Bonchev–Trinajstić information content (AvgIpc) is 2.33. The van der Waals surface area contributed by atoms with E-state index in [0.29, 0.717) is 0 Å². The molecule has 0 unspecified atom stereocenters. The first-order chi connectivity index (χ1) is 4.47. The fraction of sp³-hybridized carbons (Fsp3) is 0.250. The van der Waals surface area contributed by atoms with Crippen molar-refractivity contribution >= 4 is 17.8 Å². The number of rotatable bonds is 0. The lowest BCUT2D eigenvalue weighted by atomic mass is 10.8. The molecule has 1 aromatic rings. The summed E-state index contributed by atoms with van der Waals surface area (Å²) in [5.74, 6) is 1.67. The first kappa shape index (κ1) is 4.99. The SMILES string of the molecule is c1ncn2c1N=NSC2. The van der Waals surface area contributed by atoms with Crippen LogP contribution >= 0.6 is 11.9 Å². The maximum absolute atomic E-state index is 3.90. The summed E-state index contributed by atoms with van der Waals surface area (Å²) in [6.07, 6.45) is 3.45. The molecular formula is C4H4N4S. The van der Waals surface area contributed by atoms with Gasteiger partial charge in [0.25, 0.3) is 0 Å². The van der Waals surface area contributed by atoms with Crippen LogP contribution in [-0.2, 0) is 5.88 Å². The van der Waals surface area contributed by atoms with Crippen LogP contribution in [0.2, 0.25) is 0 Å². The largest absolute Gasteiger partial charge is 0.302 e. The van der Waals surface area contributed by atoms with Gasteiger partial charge in [-0.1, -0.05) is 0 Å². The third kappa shape index (κ3) is 0.730. The minimum atomic E-state index is 0.832. The van der Waals surface area contributed by atoms with E-state index in [4.69, 9.17) is 0 Å². The van der Waals surface area contributed by atoms with E-state index in [1.807, 2.05) is 4.57 Å². The van der Waals surface area contributed by atoms with Crippen LogP contribution in [0.3, 0.4) is 0 Å². The van der Waals surface area contributed by atoms with Crippen molar-refractivity contribution in [1.82, 2.24) is 9.55 Å². The van der Waals surface area contributed by atoms with Gasteiger partial charge in [0.15, 0.2) is 5.82 Å². The molecule has 9 heavy (non-hydrogen) atoms. The number of aromatic nitrogens is 2. The predicted molar refractivity (Wildman–Crippen MR) is 34.3 cm³/mol. The number of imidazole rings is 1.